The summed E-state index contributed by atoms with van der Waals surface area (Å²) in [6.45, 7) is 0. The van der Waals surface area contributed by atoms with Crippen molar-refractivity contribution in [1.82, 2.24) is 15.0 Å². The maximum Gasteiger partial charge on any atom is 0.165 e. The predicted molar refractivity (Wildman–Crippen MR) is 223 cm³/mol. The zero-order valence-electron chi connectivity index (χ0n) is 28.6. The summed E-state index contributed by atoms with van der Waals surface area (Å²) in [6, 6.07) is 66.3. The topological polar surface area (TPSA) is 38.7 Å². The number of nitrogens with zero attached hydrogens (tertiary/aromatic N) is 3. The van der Waals surface area contributed by atoms with E-state index in [0.717, 1.165) is 38.6 Å². The van der Waals surface area contributed by atoms with Crippen molar-refractivity contribution in [2.45, 2.75) is 0 Å². The molecule has 10 rings (SSSR count). The Morgan fingerprint density at radius 1 is 0.302 bits per heavy atom. The lowest BCUT2D eigenvalue weighted by Crippen LogP contribution is -2.02. The van der Waals surface area contributed by atoms with Crippen LogP contribution in [-0.2, 0) is 0 Å². The fraction of sp³-hybridized carbons (Fsp3) is 0. The zero-order valence-corrected chi connectivity index (χ0v) is 29.5. The molecule has 53 heavy (non-hydrogen) atoms. The second-order valence-electron chi connectivity index (χ2n) is 13.2. The molecule has 0 saturated carbocycles. The molecule has 0 amide bonds. The summed E-state index contributed by atoms with van der Waals surface area (Å²) < 4.78 is 2.43. The van der Waals surface area contributed by atoms with Crippen LogP contribution in [0.15, 0.2) is 188 Å². The van der Waals surface area contributed by atoms with E-state index in [1.54, 1.807) is 11.3 Å². The molecule has 2 heterocycles. The highest BCUT2D eigenvalue weighted by molar-refractivity contribution is 7.26. The highest BCUT2D eigenvalue weighted by Crippen LogP contribution is 2.42. The van der Waals surface area contributed by atoms with E-state index in [1.807, 2.05) is 18.2 Å². The summed E-state index contributed by atoms with van der Waals surface area (Å²) in [4.78, 5) is 15.7. The zero-order chi connectivity index (χ0) is 35.1. The molecule has 0 aliphatic carbocycles. The van der Waals surface area contributed by atoms with Crippen LogP contribution >= 0.6 is 11.3 Å². The molecule has 0 spiro atoms. The minimum absolute atomic E-state index is 0.650. The van der Waals surface area contributed by atoms with Gasteiger partial charge in [0.2, 0.25) is 0 Å². The van der Waals surface area contributed by atoms with Gasteiger partial charge in [-0.05, 0) is 56.3 Å². The number of hydrogen-bond donors (Lipinski definition) is 0. The molecule has 8 aromatic carbocycles. The Morgan fingerprint density at radius 3 is 1.55 bits per heavy atom. The van der Waals surface area contributed by atoms with Crippen molar-refractivity contribution in [3.05, 3.63) is 188 Å². The van der Waals surface area contributed by atoms with Crippen LogP contribution in [0, 0.1) is 0 Å². The summed E-state index contributed by atoms with van der Waals surface area (Å²) in [7, 11) is 0. The van der Waals surface area contributed by atoms with Crippen LogP contribution in [-0.4, -0.2) is 15.0 Å². The van der Waals surface area contributed by atoms with Crippen LogP contribution in [0.25, 0.3) is 98.5 Å². The first kappa shape index (κ1) is 31.0. The molecular weight excluding hydrogens is 663 g/mol. The van der Waals surface area contributed by atoms with Gasteiger partial charge >= 0.3 is 0 Å². The van der Waals surface area contributed by atoms with Crippen molar-refractivity contribution >= 4 is 42.3 Å². The molecule has 0 N–H and O–H groups in total. The first-order chi connectivity index (χ1) is 26.3. The predicted octanol–water partition coefficient (Wildman–Crippen LogP) is 13.4. The van der Waals surface area contributed by atoms with E-state index in [9.17, 15) is 0 Å². The van der Waals surface area contributed by atoms with Gasteiger partial charge in [0.1, 0.15) is 0 Å². The van der Waals surface area contributed by atoms with E-state index in [-0.39, 0.29) is 0 Å². The minimum Gasteiger partial charge on any atom is -0.208 e. The van der Waals surface area contributed by atoms with Crippen molar-refractivity contribution in [2.75, 3.05) is 0 Å². The Hall–Kier alpha value is -6.75. The van der Waals surface area contributed by atoms with Gasteiger partial charge in [0.05, 0.1) is 0 Å². The molecular formula is C49H31N3S. The SMILES string of the molecule is c1ccc(-c2ccc(-c3ccc(-c4ccc5ccccc5c4-c4nc(-c5ccccc5)nc(-c5cccc6c5sc5ccccc56)n4)cc3)cc2)cc1. The molecule has 4 heteroatoms. The van der Waals surface area contributed by atoms with Gasteiger partial charge in [0.25, 0.3) is 0 Å². The van der Waals surface area contributed by atoms with Crippen LogP contribution in [0.1, 0.15) is 0 Å². The smallest absolute Gasteiger partial charge is 0.165 e. The number of hydrogen-bond acceptors (Lipinski definition) is 4. The van der Waals surface area contributed by atoms with Gasteiger partial charge in [-0.1, -0.05) is 176 Å². The molecule has 0 fully saturated rings. The second-order valence-corrected chi connectivity index (χ2v) is 14.2. The lowest BCUT2D eigenvalue weighted by Gasteiger charge is -2.15. The molecule has 0 unspecified atom stereocenters. The van der Waals surface area contributed by atoms with E-state index in [1.165, 1.54) is 42.4 Å². The van der Waals surface area contributed by atoms with Gasteiger partial charge in [-0.25, -0.2) is 15.0 Å². The lowest BCUT2D eigenvalue weighted by atomic mass is 9.92. The maximum absolute atomic E-state index is 5.34. The molecule has 2 aromatic heterocycles. The van der Waals surface area contributed by atoms with Crippen LogP contribution in [0.2, 0.25) is 0 Å². The summed E-state index contributed by atoms with van der Waals surface area (Å²) in [5.74, 6) is 1.97. The van der Waals surface area contributed by atoms with Crippen molar-refractivity contribution < 1.29 is 0 Å². The quantitative estimate of drug-likeness (QED) is 0.174. The first-order valence-corrected chi connectivity index (χ1v) is 18.6. The largest absolute Gasteiger partial charge is 0.208 e. The fourth-order valence-corrected chi connectivity index (χ4v) is 8.54. The van der Waals surface area contributed by atoms with E-state index in [0.29, 0.717) is 17.5 Å². The van der Waals surface area contributed by atoms with Crippen LogP contribution < -0.4 is 0 Å². The summed E-state index contributed by atoms with van der Waals surface area (Å²) in [6.07, 6.45) is 0. The molecule has 10 aromatic rings. The van der Waals surface area contributed by atoms with Gasteiger partial charge in [-0.3, -0.25) is 0 Å². The lowest BCUT2D eigenvalue weighted by molar-refractivity contribution is 1.08. The summed E-state index contributed by atoms with van der Waals surface area (Å²) in [5, 5.41) is 4.70. The molecule has 0 aliphatic heterocycles. The van der Waals surface area contributed by atoms with Crippen molar-refractivity contribution in [3.8, 4) is 67.5 Å². The molecule has 0 radical (unpaired) electrons. The Balaban J connectivity index is 1.14. The third-order valence-corrected chi connectivity index (χ3v) is 11.2. The Kier molecular flexibility index (Phi) is 7.67. The number of benzene rings is 8. The third-order valence-electron chi connectivity index (χ3n) is 9.99. The number of rotatable bonds is 6. The Bertz CT molecular complexity index is 2910. The fourth-order valence-electron chi connectivity index (χ4n) is 7.33. The molecule has 0 saturated heterocycles. The van der Waals surface area contributed by atoms with Gasteiger partial charge in [-0.2, -0.15) is 0 Å². The van der Waals surface area contributed by atoms with E-state index in [4.69, 9.17) is 15.0 Å². The molecule has 248 valence electrons. The van der Waals surface area contributed by atoms with E-state index < -0.39 is 0 Å². The van der Waals surface area contributed by atoms with Crippen LogP contribution in [0.5, 0.6) is 0 Å². The van der Waals surface area contributed by atoms with Crippen LogP contribution in [0.3, 0.4) is 0 Å². The molecule has 0 atom stereocenters. The first-order valence-electron chi connectivity index (χ1n) is 17.8. The Labute approximate surface area is 311 Å². The maximum atomic E-state index is 5.34. The highest BCUT2D eigenvalue weighted by Gasteiger charge is 2.20. The van der Waals surface area contributed by atoms with Gasteiger partial charge in [-0.15, -0.1) is 11.3 Å². The third kappa shape index (κ3) is 5.66. The minimum atomic E-state index is 0.650. The van der Waals surface area contributed by atoms with Crippen LogP contribution in [0.4, 0.5) is 0 Å². The highest BCUT2D eigenvalue weighted by atomic mass is 32.1. The monoisotopic (exact) mass is 693 g/mol. The second kappa shape index (κ2) is 13.1. The molecule has 0 aliphatic rings. The van der Waals surface area contributed by atoms with Gasteiger partial charge < -0.3 is 0 Å². The van der Waals surface area contributed by atoms with Gasteiger partial charge in [0.15, 0.2) is 17.5 Å². The summed E-state index contributed by atoms with van der Waals surface area (Å²) in [5.41, 5.74) is 9.90. The van der Waals surface area contributed by atoms with E-state index in [2.05, 4.69) is 170 Å². The normalized spacial score (nSPS) is 11.4. The van der Waals surface area contributed by atoms with Crippen molar-refractivity contribution in [2.24, 2.45) is 0 Å². The standard InChI is InChI=1S/C49H31N3S/c1-3-12-32(13-4-1)33-22-24-34(25-23-33)35-26-28-37(29-27-35)40-31-30-36-14-7-8-17-39(36)45(40)49-51-47(38-15-5-2-6-16-38)50-48(52-49)43-20-11-19-42-41-18-9-10-21-44(41)53-46(42)43/h1-31H. The van der Waals surface area contributed by atoms with Crippen molar-refractivity contribution in [1.29, 1.82) is 0 Å². The average molecular weight is 694 g/mol. The van der Waals surface area contributed by atoms with E-state index >= 15 is 0 Å². The Morgan fingerprint density at radius 2 is 0.830 bits per heavy atom. The number of thiophene rings is 1. The van der Waals surface area contributed by atoms with Gasteiger partial charge in [0, 0.05) is 36.9 Å². The summed E-state index contributed by atoms with van der Waals surface area (Å²) >= 11 is 1.79. The average Bonchev–Trinajstić information content (AvgIpc) is 3.63. The number of fused-ring (bicyclic) bond motifs is 4. The molecule has 3 nitrogen and oxygen atoms in total. The van der Waals surface area contributed by atoms with Crippen molar-refractivity contribution in [3.63, 3.8) is 0 Å². The number of aromatic nitrogens is 3. The molecule has 0 bridgehead atoms.